The number of H-pyrrole nitrogens is 1. The minimum Gasteiger partial charge on any atom is -0.398 e. The molecule has 10 N–H and O–H groups in total. The highest BCUT2D eigenvalue weighted by molar-refractivity contribution is 7.91. The maximum absolute atomic E-state index is 13.7. The van der Waals surface area contributed by atoms with Gasteiger partial charge in [0.25, 0.3) is 20.2 Å². The van der Waals surface area contributed by atoms with Gasteiger partial charge in [-0.15, -0.1) is 10.2 Å². The van der Waals surface area contributed by atoms with Gasteiger partial charge in [-0.05, 0) is 96.9 Å². The van der Waals surface area contributed by atoms with Crippen molar-refractivity contribution in [1.29, 1.82) is 0 Å². The van der Waals surface area contributed by atoms with Gasteiger partial charge in [-0.25, -0.2) is 4.98 Å². The van der Waals surface area contributed by atoms with E-state index in [1.165, 1.54) is 0 Å². The van der Waals surface area contributed by atoms with Crippen LogP contribution in [0.25, 0.3) is 28.5 Å². The normalized spacial score (nSPS) is 14.2. The quantitative estimate of drug-likeness (QED) is 0.0329. The third kappa shape index (κ3) is 7.47. The molecule has 1 aliphatic rings. The molecule has 56 heavy (non-hydrogen) atoms. The van der Waals surface area contributed by atoms with Crippen LogP contribution in [0.2, 0.25) is 0 Å². The molecule has 0 radical (unpaired) electrons. The Labute approximate surface area is 318 Å². The summed E-state index contributed by atoms with van der Waals surface area (Å²) in [5, 5.41) is 20.5. The molecule has 0 unspecified atom stereocenters. The van der Waals surface area contributed by atoms with Crippen LogP contribution in [0.3, 0.4) is 0 Å². The summed E-state index contributed by atoms with van der Waals surface area (Å²) in [5.74, 6) is -0.569. The maximum Gasteiger partial charge on any atom is 0.296 e. The van der Waals surface area contributed by atoms with Gasteiger partial charge in [-0.1, -0.05) is 18.2 Å². The Hall–Kier alpha value is -7.13. The number of benzene rings is 5. The number of aromatic amines is 1. The molecule has 0 aliphatic heterocycles. The number of nitrogens with one attached hydrogen (secondary N) is 2. The van der Waals surface area contributed by atoms with Crippen LogP contribution >= 0.6 is 0 Å². The van der Waals surface area contributed by atoms with Crippen molar-refractivity contribution in [2.24, 2.45) is 25.6 Å². The van der Waals surface area contributed by atoms with Crippen molar-refractivity contribution in [2.45, 2.75) is 11.8 Å². The highest BCUT2D eigenvalue weighted by Crippen LogP contribution is 2.41. The first-order valence-corrected chi connectivity index (χ1v) is 19.1. The molecule has 1 aromatic heterocycles. The van der Waals surface area contributed by atoms with Crippen LogP contribution in [0.15, 0.2) is 126 Å². The number of azo groups is 2. The van der Waals surface area contributed by atoms with E-state index in [2.05, 4.69) is 41.0 Å². The van der Waals surface area contributed by atoms with Crippen LogP contribution in [0.4, 0.5) is 45.5 Å². The summed E-state index contributed by atoms with van der Waals surface area (Å²) in [6.07, 6.45) is 0.809. The molecule has 18 nitrogen and oxygen atoms in total. The van der Waals surface area contributed by atoms with Crippen molar-refractivity contribution in [3.05, 3.63) is 113 Å². The molecule has 0 bridgehead atoms. The lowest BCUT2D eigenvalue weighted by molar-refractivity contribution is 0.106. The Morgan fingerprint density at radius 2 is 1.46 bits per heavy atom. The van der Waals surface area contributed by atoms with Gasteiger partial charge in [-0.3, -0.25) is 19.3 Å². The van der Waals surface area contributed by atoms with Gasteiger partial charge >= 0.3 is 0 Å². The lowest BCUT2D eigenvalue weighted by atomic mass is 9.92. The number of ketones is 1. The number of anilines is 4. The zero-order chi connectivity index (χ0) is 39.9. The second-order valence-corrected chi connectivity index (χ2v) is 15.1. The van der Waals surface area contributed by atoms with Crippen LogP contribution in [0.5, 0.6) is 0 Å². The molecule has 0 atom stereocenters. The average Bonchev–Trinajstić information content (AvgIpc) is 3.58. The monoisotopic (exact) mass is 791 g/mol. The number of nitrogens with zero attached hydrogens (tertiary/aromatic N) is 6. The lowest BCUT2D eigenvalue weighted by Gasteiger charge is -2.20. The molecule has 6 aromatic rings. The number of imidazole rings is 1. The maximum atomic E-state index is 13.7. The van der Waals surface area contributed by atoms with E-state index in [4.69, 9.17) is 17.2 Å². The fourth-order valence-electron chi connectivity index (χ4n) is 5.64. The lowest BCUT2D eigenvalue weighted by Crippen LogP contribution is -2.28. The number of carbonyl (C=O) groups excluding carboxylic acids is 1. The molecule has 7 rings (SSSR count). The highest BCUT2D eigenvalue weighted by atomic mass is 32.2. The minimum atomic E-state index is -5.07. The fraction of sp³-hybridized carbons (Fsp3) is 0.0278. The van der Waals surface area contributed by atoms with Crippen molar-refractivity contribution < 1.29 is 30.7 Å². The van der Waals surface area contributed by atoms with Gasteiger partial charge < -0.3 is 22.2 Å². The number of rotatable bonds is 9. The standard InChI is InChI=1S/C36H29N11O7S2/c1-18-13-27(25(38)17-24(18)37)45-44-23-11-12-26-28(16-23)41-36(40-26)19-7-9-22(10-8-19)43-46-33-29(55(49,50)51)14-20-15-30(56(52,53)54)34(35(48)31(20)32(33)39)47-42-21-5-3-2-4-6-21/h2-17,42H,37-39H2,1H3,(H,40,41)(H,49,50,51)(H,52,53,54)/b45-44?,46-43?,47-34-. The van der Waals surface area contributed by atoms with Crippen molar-refractivity contribution in [1.82, 2.24) is 9.97 Å². The second-order valence-electron chi connectivity index (χ2n) is 12.3. The summed E-state index contributed by atoms with van der Waals surface area (Å²) in [7, 11) is -10.1. The Balaban J connectivity index is 1.18. The first-order chi connectivity index (χ1) is 26.6. The number of hydrazone groups is 1. The third-order valence-electron chi connectivity index (χ3n) is 8.48. The van der Waals surface area contributed by atoms with Crippen LogP contribution in [0, 0.1) is 6.92 Å². The number of aromatic nitrogens is 2. The van der Waals surface area contributed by atoms with E-state index >= 15 is 0 Å². The number of nitrogen functional groups attached to an aromatic ring is 3. The highest BCUT2D eigenvalue weighted by Gasteiger charge is 2.37. The van der Waals surface area contributed by atoms with E-state index < -0.39 is 52.9 Å². The largest absolute Gasteiger partial charge is 0.398 e. The summed E-state index contributed by atoms with van der Waals surface area (Å²) in [6, 6.07) is 24.1. The molecular weight excluding hydrogens is 763 g/mol. The molecule has 282 valence electrons. The third-order valence-corrected chi connectivity index (χ3v) is 10.2. The number of hydrogen-bond donors (Lipinski definition) is 7. The van der Waals surface area contributed by atoms with E-state index in [9.17, 15) is 30.7 Å². The van der Waals surface area contributed by atoms with Gasteiger partial charge in [0.1, 0.15) is 27.0 Å². The summed E-state index contributed by atoms with van der Waals surface area (Å²) in [5.41, 5.74) is 23.6. The predicted octanol–water partition coefficient (Wildman–Crippen LogP) is 7.26. The predicted molar refractivity (Wildman–Crippen MR) is 212 cm³/mol. The second kappa shape index (κ2) is 14.3. The van der Waals surface area contributed by atoms with E-state index in [0.29, 0.717) is 45.3 Å². The molecule has 1 aliphatic carbocycles. The molecule has 0 fully saturated rings. The van der Waals surface area contributed by atoms with Gasteiger partial charge in [0.15, 0.2) is 5.71 Å². The van der Waals surface area contributed by atoms with Crippen LogP contribution in [0.1, 0.15) is 21.5 Å². The summed E-state index contributed by atoms with van der Waals surface area (Å²) < 4.78 is 69.6. The molecular formula is C36H29N11O7S2. The van der Waals surface area contributed by atoms with E-state index in [1.54, 1.807) is 84.9 Å². The van der Waals surface area contributed by atoms with Crippen molar-refractivity contribution in [2.75, 3.05) is 22.6 Å². The van der Waals surface area contributed by atoms with Crippen molar-refractivity contribution >= 4 is 94.3 Å². The zero-order valence-corrected chi connectivity index (χ0v) is 30.5. The zero-order valence-electron chi connectivity index (χ0n) is 28.9. The number of fused-ring (bicyclic) bond motifs is 2. The van der Waals surface area contributed by atoms with E-state index in [0.717, 1.165) is 23.2 Å². The number of nitrogens with two attached hydrogens (primary N) is 3. The summed E-state index contributed by atoms with van der Waals surface area (Å²) in [4.78, 5) is 19.8. The number of Topliss-reactive ketones (excluding diaryl/α,β-unsaturated/α-hetero) is 1. The first-order valence-electron chi connectivity index (χ1n) is 16.2. The number of hydrogen-bond acceptors (Lipinski definition) is 15. The Kier molecular flexibility index (Phi) is 9.47. The van der Waals surface area contributed by atoms with Crippen LogP contribution in [-0.4, -0.2) is 47.4 Å². The van der Waals surface area contributed by atoms with Gasteiger partial charge in [-0.2, -0.15) is 32.2 Å². The molecule has 5 aromatic carbocycles. The fourth-order valence-corrected chi connectivity index (χ4v) is 6.97. The summed E-state index contributed by atoms with van der Waals surface area (Å²) >= 11 is 0. The number of aryl methyl sites for hydroxylation is 1. The van der Waals surface area contributed by atoms with Crippen LogP contribution < -0.4 is 22.6 Å². The SMILES string of the molecule is Cc1cc(N=Nc2ccc3[nH]c(-c4ccc(N=Nc5c(S(=O)(=O)O)cc6c(c5N)C(=O)/C(=N\Nc5ccccc5)C(S(=O)(=O)O)=C6)cc4)nc3c2)c(N)cc1N. The summed E-state index contributed by atoms with van der Waals surface area (Å²) in [6.45, 7) is 1.84. The molecule has 0 saturated carbocycles. The minimum absolute atomic E-state index is 0.220. The number of carbonyl (C=O) groups is 1. The molecule has 20 heteroatoms. The van der Waals surface area contributed by atoms with E-state index in [-0.39, 0.29) is 16.8 Å². The first kappa shape index (κ1) is 37.2. The van der Waals surface area contributed by atoms with E-state index in [1.807, 2.05) is 6.92 Å². The molecule has 0 spiro atoms. The smallest absolute Gasteiger partial charge is 0.296 e. The van der Waals surface area contributed by atoms with Gasteiger partial charge in [0.05, 0.1) is 45.0 Å². The van der Waals surface area contributed by atoms with Crippen molar-refractivity contribution in [3.63, 3.8) is 0 Å². The Bertz CT molecular complexity index is 2940. The van der Waals surface area contributed by atoms with Crippen LogP contribution in [-0.2, 0) is 20.2 Å². The van der Waals surface area contributed by atoms with Gasteiger partial charge in [0, 0.05) is 11.3 Å². The van der Waals surface area contributed by atoms with Crippen molar-refractivity contribution in [3.8, 4) is 11.4 Å². The number of allylic oxidation sites excluding steroid dienone is 1. The molecule has 1 heterocycles. The molecule has 0 amide bonds. The van der Waals surface area contributed by atoms with Gasteiger partial charge in [0.2, 0.25) is 5.78 Å². The average molecular weight is 792 g/mol. The Morgan fingerprint density at radius 1 is 0.768 bits per heavy atom. The molecule has 0 saturated heterocycles. The topological polar surface area (TPSA) is 306 Å². The Morgan fingerprint density at radius 3 is 2.16 bits per heavy atom. The number of para-hydroxylation sites is 1.